The van der Waals surface area contributed by atoms with E-state index in [1.807, 2.05) is 0 Å². The molecule has 0 saturated carbocycles. The van der Waals surface area contributed by atoms with E-state index in [0.717, 1.165) is 18.5 Å². The summed E-state index contributed by atoms with van der Waals surface area (Å²) < 4.78 is 0. The first-order valence-corrected chi connectivity index (χ1v) is 7.75. The molecule has 1 aromatic rings. The van der Waals surface area contributed by atoms with Gasteiger partial charge in [0.15, 0.2) is 5.78 Å². The van der Waals surface area contributed by atoms with Crippen LogP contribution in [-0.2, 0) is 11.2 Å². The molecule has 1 aliphatic heterocycles. The molecule has 3 rings (SSSR count). The number of carboxylic acid groups (broad SMARTS) is 1. The molecule has 0 spiro atoms. The van der Waals surface area contributed by atoms with Crippen LogP contribution in [0.2, 0.25) is 0 Å². The van der Waals surface area contributed by atoms with Crippen molar-refractivity contribution in [3.05, 3.63) is 22.5 Å². The number of aromatic amines is 1. The van der Waals surface area contributed by atoms with Crippen LogP contribution in [0.1, 0.15) is 57.8 Å². The third-order valence-corrected chi connectivity index (χ3v) is 4.71. The summed E-state index contributed by atoms with van der Waals surface area (Å²) in [5.74, 6) is -1.44. The first kappa shape index (κ1) is 14.8. The van der Waals surface area contributed by atoms with E-state index in [1.165, 1.54) is 0 Å². The molecule has 1 aliphatic carbocycles. The second-order valence-electron chi connectivity index (χ2n) is 6.18. The molecule has 0 bridgehead atoms. The minimum Gasteiger partial charge on any atom is -0.481 e. The Morgan fingerprint density at radius 2 is 2.05 bits per heavy atom. The lowest BCUT2D eigenvalue weighted by Gasteiger charge is -2.30. The van der Waals surface area contributed by atoms with Crippen LogP contribution in [0.25, 0.3) is 0 Å². The van der Waals surface area contributed by atoms with Gasteiger partial charge in [-0.15, -0.1) is 0 Å². The van der Waals surface area contributed by atoms with Crippen LogP contribution in [0, 0.1) is 12.8 Å². The van der Waals surface area contributed by atoms with E-state index in [1.54, 1.807) is 11.8 Å². The van der Waals surface area contributed by atoms with Gasteiger partial charge in [-0.05, 0) is 38.2 Å². The summed E-state index contributed by atoms with van der Waals surface area (Å²) in [5.41, 5.74) is 2.68. The molecule has 6 nitrogen and oxygen atoms in total. The highest BCUT2D eigenvalue weighted by Gasteiger charge is 2.32. The van der Waals surface area contributed by atoms with E-state index < -0.39 is 11.9 Å². The van der Waals surface area contributed by atoms with Crippen molar-refractivity contribution in [2.24, 2.45) is 5.92 Å². The van der Waals surface area contributed by atoms with E-state index in [0.29, 0.717) is 42.6 Å². The fourth-order valence-electron chi connectivity index (χ4n) is 3.51. The van der Waals surface area contributed by atoms with Crippen molar-refractivity contribution in [1.82, 2.24) is 9.88 Å². The summed E-state index contributed by atoms with van der Waals surface area (Å²) in [6.45, 7) is 2.61. The predicted octanol–water partition coefficient (Wildman–Crippen LogP) is 1.78. The van der Waals surface area contributed by atoms with Gasteiger partial charge in [0.05, 0.1) is 5.92 Å². The number of rotatable bonds is 2. The number of carboxylic acids is 1. The van der Waals surface area contributed by atoms with Gasteiger partial charge in [-0.3, -0.25) is 14.4 Å². The molecule has 2 aliphatic rings. The molecule has 1 atom stereocenters. The summed E-state index contributed by atoms with van der Waals surface area (Å²) in [6.07, 6.45) is 3.43. The highest BCUT2D eigenvalue weighted by Crippen LogP contribution is 2.28. The van der Waals surface area contributed by atoms with Crippen LogP contribution in [0.5, 0.6) is 0 Å². The molecule has 1 saturated heterocycles. The molecule has 2 heterocycles. The van der Waals surface area contributed by atoms with Crippen molar-refractivity contribution in [3.63, 3.8) is 0 Å². The van der Waals surface area contributed by atoms with Crippen LogP contribution in [0.4, 0.5) is 0 Å². The molecule has 0 unspecified atom stereocenters. The molecule has 1 amide bonds. The van der Waals surface area contributed by atoms with Crippen LogP contribution >= 0.6 is 0 Å². The number of carbonyl (C=O) groups is 3. The monoisotopic (exact) mass is 304 g/mol. The Hall–Kier alpha value is -2.11. The molecule has 0 radical (unpaired) electrons. The normalized spacial score (nSPS) is 21.6. The number of Topliss-reactive ketones (excluding diaryl/α,β-unsaturated/α-hetero) is 1. The predicted molar refractivity (Wildman–Crippen MR) is 79.1 cm³/mol. The molecule has 22 heavy (non-hydrogen) atoms. The number of aryl methyl sites for hydroxylation is 1. The maximum atomic E-state index is 12.7. The van der Waals surface area contributed by atoms with Gasteiger partial charge in [-0.1, -0.05) is 0 Å². The Morgan fingerprint density at radius 1 is 1.27 bits per heavy atom. The van der Waals surface area contributed by atoms with Crippen molar-refractivity contribution >= 4 is 17.7 Å². The van der Waals surface area contributed by atoms with Gasteiger partial charge in [0.2, 0.25) is 0 Å². The number of nitrogens with zero attached hydrogens (tertiary/aromatic N) is 1. The smallest absolute Gasteiger partial charge is 0.308 e. The summed E-state index contributed by atoms with van der Waals surface area (Å²) in [6, 6.07) is 0. The van der Waals surface area contributed by atoms with Crippen molar-refractivity contribution in [1.29, 1.82) is 0 Å². The van der Waals surface area contributed by atoms with E-state index in [-0.39, 0.29) is 18.2 Å². The van der Waals surface area contributed by atoms with Gasteiger partial charge < -0.3 is 15.0 Å². The van der Waals surface area contributed by atoms with E-state index >= 15 is 0 Å². The Kier molecular flexibility index (Phi) is 3.76. The number of carbonyl (C=O) groups excluding carboxylic acids is 2. The average Bonchev–Trinajstić information content (AvgIpc) is 2.85. The number of hydrogen-bond acceptors (Lipinski definition) is 3. The minimum absolute atomic E-state index is 0.0936. The summed E-state index contributed by atoms with van der Waals surface area (Å²) in [7, 11) is 0. The molecular weight excluding hydrogens is 284 g/mol. The maximum Gasteiger partial charge on any atom is 0.308 e. The quantitative estimate of drug-likeness (QED) is 0.871. The zero-order valence-corrected chi connectivity index (χ0v) is 12.6. The van der Waals surface area contributed by atoms with E-state index in [9.17, 15) is 14.4 Å². The van der Waals surface area contributed by atoms with Gasteiger partial charge in [0.1, 0.15) is 5.69 Å². The zero-order valence-electron chi connectivity index (χ0n) is 12.6. The third-order valence-electron chi connectivity index (χ3n) is 4.71. The number of aromatic nitrogens is 1. The van der Waals surface area contributed by atoms with Crippen molar-refractivity contribution in [2.75, 3.05) is 13.1 Å². The van der Waals surface area contributed by atoms with Crippen LogP contribution in [0.15, 0.2) is 0 Å². The number of likely N-dealkylation sites (tertiary alicyclic amines) is 1. The van der Waals surface area contributed by atoms with Crippen molar-refractivity contribution in [3.8, 4) is 0 Å². The number of ketones is 1. The number of hydrogen-bond donors (Lipinski definition) is 2. The van der Waals surface area contributed by atoms with Crippen LogP contribution < -0.4 is 0 Å². The molecular formula is C16H20N2O4. The maximum absolute atomic E-state index is 12.7. The minimum atomic E-state index is -0.852. The standard InChI is InChI=1S/C16H20N2O4/c1-9-13-11(5-2-6-12(13)19)17-14(9)15(20)18-7-3-4-10(8-18)16(21)22/h10,17H,2-8H2,1H3,(H,21,22)/t10-/m0/s1. The Bertz CT molecular complexity index is 647. The Labute approximate surface area is 128 Å². The molecule has 0 aromatic carbocycles. The first-order valence-electron chi connectivity index (χ1n) is 7.75. The lowest BCUT2D eigenvalue weighted by molar-refractivity contribution is -0.143. The summed E-state index contributed by atoms with van der Waals surface area (Å²) >= 11 is 0. The molecule has 1 aromatic heterocycles. The average molecular weight is 304 g/mol. The SMILES string of the molecule is Cc1c(C(=O)N2CCC[C@H](C(=O)O)C2)[nH]c2c1C(=O)CCC2. The lowest BCUT2D eigenvalue weighted by atomic mass is 9.93. The van der Waals surface area contributed by atoms with E-state index in [2.05, 4.69) is 4.98 Å². The van der Waals surface area contributed by atoms with Gasteiger partial charge >= 0.3 is 5.97 Å². The number of fused-ring (bicyclic) bond motifs is 1. The fraction of sp³-hybridized carbons (Fsp3) is 0.562. The van der Waals surface area contributed by atoms with Gasteiger partial charge in [0.25, 0.3) is 5.91 Å². The largest absolute Gasteiger partial charge is 0.481 e. The number of piperidine rings is 1. The Morgan fingerprint density at radius 3 is 2.73 bits per heavy atom. The molecule has 1 fully saturated rings. The second-order valence-corrected chi connectivity index (χ2v) is 6.18. The first-order chi connectivity index (χ1) is 10.5. The van der Waals surface area contributed by atoms with Crippen LogP contribution in [0.3, 0.4) is 0 Å². The summed E-state index contributed by atoms with van der Waals surface area (Å²) in [4.78, 5) is 40.6. The third kappa shape index (κ3) is 2.42. The van der Waals surface area contributed by atoms with Gasteiger partial charge in [0, 0.05) is 30.8 Å². The van der Waals surface area contributed by atoms with Crippen molar-refractivity contribution in [2.45, 2.75) is 39.0 Å². The second kappa shape index (κ2) is 5.59. The molecule has 6 heteroatoms. The van der Waals surface area contributed by atoms with Crippen molar-refractivity contribution < 1.29 is 19.5 Å². The highest BCUT2D eigenvalue weighted by molar-refractivity contribution is 6.04. The highest BCUT2D eigenvalue weighted by atomic mass is 16.4. The molecule has 2 N–H and O–H groups in total. The summed E-state index contributed by atoms with van der Waals surface area (Å²) in [5, 5.41) is 9.14. The number of nitrogens with one attached hydrogen (secondary N) is 1. The van der Waals surface area contributed by atoms with Gasteiger partial charge in [-0.2, -0.15) is 0 Å². The lowest BCUT2D eigenvalue weighted by Crippen LogP contribution is -2.42. The molecule has 118 valence electrons. The number of aliphatic carboxylic acids is 1. The fourth-order valence-corrected chi connectivity index (χ4v) is 3.51. The Balaban J connectivity index is 1.86. The topological polar surface area (TPSA) is 90.5 Å². The van der Waals surface area contributed by atoms with E-state index in [4.69, 9.17) is 5.11 Å². The van der Waals surface area contributed by atoms with Gasteiger partial charge in [-0.25, -0.2) is 0 Å². The number of amides is 1. The zero-order chi connectivity index (χ0) is 15.9. The van der Waals surface area contributed by atoms with Crippen LogP contribution in [-0.4, -0.2) is 45.7 Å². The number of H-pyrrole nitrogens is 1.